The summed E-state index contributed by atoms with van der Waals surface area (Å²) in [6, 6.07) is 0. The Morgan fingerprint density at radius 2 is 1.93 bits per heavy atom. The first-order valence-electron chi connectivity index (χ1n) is 9.48. The predicted molar refractivity (Wildman–Crippen MR) is 121 cm³/mol. The van der Waals surface area contributed by atoms with Gasteiger partial charge in [-0.25, -0.2) is 4.79 Å². The number of hydrogen-bond donors (Lipinski definition) is 1. The number of halogens is 1. The normalized spacial score (nSPS) is 16.4. The number of carbonyl (C=O) groups is 1. The minimum Gasteiger partial charge on any atom is -0.490 e. The van der Waals surface area contributed by atoms with Crippen molar-refractivity contribution in [2.45, 2.75) is 66.6 Å². The van der Waals surface area contributed by atoms with Crippen LogP contribution in [0.15, 0.2) is 41.3 Å². The van der Waals surface area contributed by atoms with Crippen molar-refractivity contribution < 1.29 is 19.1 Å². The second-order valence-corrected chi connectivity index (χ2v) is 6.33. The molecular weight excluding hydrogens is 424 g/mol. The predicted octanol–water partition coefficient (Wildman–Crippen LogP) is 5.75. The van der Waals surface area contributed by atoms with Crippen LogP contribution in [0.4, 0.5) is 4.79 Å². The van der Waals surface area contributed by atoms with E-state index in [1.807, 2.05) is 84.7 Å². The van der Waals surface area contributed by atoms with E-state index in [4.69, 9.17) is 14.3 Å². The zero-order valence-electron chi connectivity index (χ0n) is 18.5. The van der Waals surface area contributed by atoms with Crippen molar-refractivity contribution in [1.82, 2.24) is 5.32 Å². The lowest BCUT2D eigenvalue weighted by molar-refractivity contribution is 0.0278. The van der Waals surface area contributed by atoms with Crippen molar-refractivity contribution in [2.75, 3.05) is 19.0 Å². The van der Waals surface area contributed by atoms with Crippen LogP contribution >= 0.6 is 15.9 Å². The van der Waals surface area contributed by atoms with E-state index < -0.39 is 11.7 Å². The molecule has 1 unspecified atom stereocenters. The zero-order chi connectivity index (χ0) is 22.0. The summed E-state index contributed by atoms with van der Waals surface area (Å²) in [7, 11) is 0. The summed E-state index contributed by atoms with van der Waals surface area (Å²) in [5, 5.41) is 6.65. The summed E-state index contributed by atoms with van der Waals surface area (Å²) < 4.78 is 10.9. The molecule has 0 aromatic rings. The molecule has 0 fully saturated rings. The number of ether oxygens (including phenoxy) is 2. The number of rotatable bonds is 7. The van der Waals surface area contributed by atoms with Crippen LogP contribution in [-0.2, 0) is 14.3 Å². The number of amides is 1. The maximum absolute atomic E-state index is 11.6. The van der Waals surface area contributed by atoms with E-state index in [0.29, 0.717) is 19.6 Å². The molecular formula is C21H37BrN2O4. The van der Waals surface area contributed by atoms with E-state index in [-0.39, 0.29) is 6.10 Å². The van der Waals surface area contributed by atoms with Gasteiger partial charge in [-0.2, -0.15) is 0 Å². The Bertz CT molecular complexity index is 535. The molecule has 0 radical (unpaired) electrons. The average molecular weight is 461 g/mol. The van der Waals surface area contributed by atoms with Crippen LogP contribution < -0.4 is 5.32 Å². The van der Waals surface area contributed by atoms with Crippen LogP contribution in [-0.4, -0.2) is 42.5 Å². The first-order chi connectivity index (χ1) is 13.3. The van der Waals surface area contributed by atoms with Crippen LogP contribution in [0.3, 0.4) is 0 Å². The molecule has 0 aromatic carbocycles. The van der Waals surface area contributed by atoms with Gasteiger partial charge in [0.1, 0.15) is 18.0 Å². The van der Waals surface area contributed by atoms with Crippen molar-refractivity contribution in [2.24, 2.45) is 5.16 Å². The second-order valence-electron chi connectivity index (χ2n) is 6.33. The largest absolute Gasteiger partial charge is 0.490 e. The minimum absolute atomic E-state index is 0.148. The Kier molecular flexibility index (Phi) is 17.6. The van der Waals surface area contributed by atoms with Gasteiger partial charge in [0.05, 0.1) is 12.3 Å². The summed E-state index contributed by atoms with van der Waals surface area (Å²) in [6.45, 7) is 14.0. The number of alkyl carbamates (subject to hydrolysis) is 1. The molecule has 162 valence electrons. The zero-order valence-corrected chi connectivity index (χ0v) is 20.1. The highest BCUT2D eigenvalue weighted by Crippen LogP contribution is 2.13. The van der Waals surface area contributed by atoms with E-state index >= 15 is 0 Å². The summed E-state index contributed by atoms with van der Waals surface area (Å²) in [6.07, 6.45) is 9.58. The minimum atomic E-state index is -0.516. The SMILES string of the molecule is CBr.CC.C\C=C/C=C\C(=C/C)OCC1CC(CNC(=O)OC(C)(C)C)=NO1. The molecule has 0 saturated carbocycles. The van der Waals surface area contributed by atoms with Crippen molar-refractivity contribution in [3.8, 4) is 0 Å². The highest BCUT2D eigenvalue weighted by Gasteiger charge is 2.23. The number of hydrogen-bond acceptors (Lipinski definition) is 5. The fourth-order valence-corrected chi connectivity index (χ4v) is 1.85. The van der Waals surface area contributed by atoms with E-state index in [1.165, 1.54) is 0 Å². The van der Waals surface area contributed by atoms with Crippen molar-refractivity contribution in [1.29, 1.82) is 0 Å². The summed E-state index contributed by atoms with van der Waals surface area (Å²) in [5.41, 5.74) is 0.249. The number of oxime groups is 1. The number of carbonyl (C=O) groups excluding carboxylic acids is 1. The lowest BCUT2D eigenvalue weighted by Crippen LogP contribution is -2.35. The number of nitrogens with zero attached hydrogens (tertiary/aromatic N) is 1. The van der Waals surface area contributed by atoms with Gasteiger partial charge in [0, 0.05) is 6.42 Å². The van der Waals surface area contributed by atoms with Gasteiger partial charge in [-0.15, -0.1) is 0 Å². The summed E-state index contributed by atoms with van der Waals surface area (Å²) >= 11 is 2.94. The molecule has 0 aromatic heterocycles. The quantitative estimate of drug-likeness (QED) is 0.298. The number of alkyl halides is 1. The third kappa shape index (κ3) is 15.3. The molecule has 1 rings (SSSR count). The van der Waals surface area contributed by atoms with Gasteiger partial charge in [0.15, 0.2) is 6.10 Å². The molecule has 0 saturated heterocycles. The Labute approximate surface area is 179 Å². The monoisotopic (exact) mass is 460 g/mol. The molecule has 28 heavy (non-hydrogen) atoms. The smallest absolute Gasteiger partial charge is 0.407 e. The molecule has 0 spiro atoms. The average Bonchev–Trinajstić information content (AvgIpc) is 3.13. The standard InChI is InChI=1S/C18H28N2O4.C2H6.CH3Br/c1-6-8-9-10-15(7-2)22-13-16-11-14(20-24-16)12-19-17(21)23-18(3,4)5;2*1-2/h6-10,16H,11-13H2,1-5H3,(H,19,21);1-2H3;1H3/b8-6-,10-9-,15-7+;;. The van der Waals surface area contributed by atoms with Crippen LogP contribution in [0.5, 0.6) is 0 Å². The van der Waals surface area contributed by atoms with Gasteiger partial charge in [0.2, 0.25) is 0 Å². The molecule has 0 bridgehead atoms. The summed E-state index contributed by atoms with van der Waals surface area (Å²) in [4.78, 5) is 16.9. The van der Waals surface area contributed by atoms with E-state index in [1.54, 1.807) is 0 Å². The molecule has 1 aliphatic rings. The van der Waals surface area contributed by atoms with Gasteiger partial charge in [-0.3, -0.25) is 0 Å². The fourth-order valence-electron chi connectivity index (χ4n) is 1.85. The molecule has 7 heteroatoms. The summed E-state index contributed by atoms with van der Waals surface area (Å²) in [5.74, 6) is 2.59. The van der Waals surface area contributed by atoms with E-state index in [0.717, 1.165) is 11.5 Å². The molecule has 0 aliphatic carbocycles. The van der Waals surface area contributed by atoms with Gasteiger partial charge in [-0.1, -0.05) is 53.2 Å². The first-order valence-corrected chi connectivity index (χ1v) is 11.1. The molecule has 1 atom stereocenters. The Morgan fingerprint density at radius 1 is 1.29 bits per heavy atom. The second kappa shape index (κ2) is 17.3. The number of nitrogens with one attached hydrogen (secondary N) is 1. The Morgan fingerprint density at radius 3 is 2.46 bits per heavy atom. The van der Waals surface area contributed by atoms with Gasteiger partial charge in [-0.05, 0) is 52.6 Å². The molecule has 1 heterocycles. The highest BCUT2D eigenvalue weighted by atomic mass is 79.9. The lowest BCUT2D eigenvalue weighted by Gasteiger charge is -2.19. The van der Waals surface area contributed by atoms with Crippen molar-refractivity contribution in [3.63, 3.8) is 0 Å². The third-order valence-electron chi connectivity index (χ3n) is 2.91. The third-order valence-corrected chi connectivity index (χ3v) is 2.91. The van der Waals surface area contributed by atoms with Gasteiger partial charge < -0.3 is 19.6 Å². The lowest BCUT2D eigenvalue weighted by atomic mass is 10.2. The van der Waals surface area contributed by atoms with Crippen molar-refractivity contribution >= 4 is 27.7 Å². The highest BCUT2D eigenvalue weighted by molar-refractivity contribution is 9.08. The van der Waals surface area contributed by atoms with Crippen LogP contribution in [0, 0.1) is 0 Å². The maximum atomic E-state index is 11.6. The first kappa shape index (κ1) is 28.4. The number of allylic oxidation sites excluding steroid dienone is 5. The van der Waals surface area contributed by atoms with Gasteiger partial charge >= 0.3 is 6.09 Å². The van der Waals surface area contributed by atoms with Crippen LogP contribution in [0.25, 0.3) is 0 Å². The molecule has 6 nitrogen and oxygen atoms in total. The van der Waals surface area contributed by atoms with Crippen LogP contribution in [0.2, 0.25) is 0 Å². The van der Waals surface area contributed by atoms with E-state index in [9.17, 15) is 4.79 Å². The molecule has 1 amide bonds. The maximum Gasteiger partial charge on any atom is 0.407 e. The van der Waals surface area contributed by atoms with E-state index in [2.05, 4.69) is 26.4 Å². The molecule has 1 N–H and O–H groups in total. The molecule has 1 aliphatic heterocycles. The Hall–Kier alpha value is -1.76. The van der Waals surface area contributed by atoms with Crippen LogP contribution in [0.1, 0.15) is 54.9 Å². The topological polar surface area (TPSA) is 69.2 Å². The van der Waals surface area contributed by atoms with Crippen molar-refractivity contribution in [3.05, 3.63) is 36.1 Å². The Balaban J connectivity index is 0. The fraction of sp³-hybridized carbons (Fsp3) is 0.619. The van der Waals surface area contributed by atoms with Gasteiger partial charge in [0.25, 0.3) is 0 Å².